The third-order valence-corrected chi connectivity index (χ3v) is 4.48. The van der Waals surface area contributed by atoms with E-state index < -0.39 is 5.66 Å². The van der Waals surface area contributed by atoms with Crippen LogP contribution in [0.3, 0.4) is 0 Å². The van der Waals surface area contributed by atoms with Crippen molar-refractivity contribution < 1.29 is 0 Å². The maximum Gasteiger partial charge on any atom is 0.146 e. The Balaban J connectivity index is 1.82. The predicted molar refractivity (Wildman–Crippen MR) is 104 cm³/mol. The van der Waals surface area contributed by atoms with Crippen molar-refractivity contribution in [3.8, 4) is 11.3 Å². The van der Waals surface area contributed by atoms with Gasteiger partial charge in [-0.25, -0.2) is 0 Å². The first-order valence-corrected chi connectivity index (χ1v) is 8.52. The van der Waals surface area contributed by atoms with E-state index in [0.29, 0.717) is 0 Å². The van der Waals surface area contributed by atoms with E-state index in [1.807, 2.05) is 38.1 Å². The number of benzene rings is 2. The van der Waals surface area contributed by atoms with Crippen molar-refractivity contribution in [2.24, 2.45) is 17.0 Å². The molecule has 0 N–H and O–H groups in total. The molecule has 0 amide bonds. The van der Waals surface area contributed by atoms with Gasteiger partial charge in [0.25, 0.3) is 0 Å². The molecule has 0 unspecified atom stereocenters. The minimum absolute atomic E-state index is 0.433. The monoisotopic (exact) mass is 327 g/mol. The van der Waals surface area contributed by atoms with Crippen LogP contribution in [0.15, 0.2) is 82.8 Å². The van der Waals surface area contributed by atoms with Crippen LogP contribution in [0.25, 0.3) is 11.3 Å². The summed E-state index contributed by atoms with van der Waals surface area (Å²) < 4.78 is 2.20. The van der Waals surface area contributed by atoms with Gasteiger partial charge in [0.05, 0.1) is 11.4 Å². The molecule has 3 aromatic rings. The van der Waals surface area contributed by atoms with Crippen molar-refractivity contribution in [1.29, 1.82) is 0 Å². The molecule has 0 saturated carbocycles. The van der Waals surface area contributed by atoms with E-state index in [-0.39, 0.29) is 0 Å². The summed E-state index contributed by atoms with van der Waals surface area (Å²) in [6.45, 7) is 4.09. The van der Waals surface area contributed by atoms with Crippen molar-refractivity contribution in [1.82, 2.24) is 4.57 Å². The molecule has 0 aliphatic carbocycles. The Labute approximate surface area is 148 Å². The van der Waals surface area contributed by atoms with Gasteiger partial charge in [-0.15, -0.1) is 0 Å². The normalized spacial score (nSPS) is 15.8. The van der Waals surface area contributed by atoms with Crippen molar-refractivity contribution in [2.45, 2.75) is 19.5 Å². The molecule has 0 saturated heterocycles. The lowest BCUT2D eigenvalue weighted by Crippen LogP contribution is -2.17. The van der Waals surface area contributed by atoms with Gasteiger partial charge >= 0.3 is 0 Å². The third-order valence-electron chi connectivity index (χ3n) is 4.48. The van der Waals surface area contributed by atoms with E-state index in [4.69, 9.17) is 9.98 Å². The van der Waals surface area contributed by atoms with Gasteiger partial charge in [-0.05, 0) is 31.5 Å². The van der Waals surface area contributed by atoms with Crippen molar-refractivity contribution in [2.75, 3.05) is 0 Å². The van der Waals surface area contributed by atoms with Gasteiger partial charge in [0.1, 0.15) is 11.4 Å². The van der Waals surface area contributed by atoms with Gasteiger partial charge in [0.15, 0.2) is 0 Å². The smallest absolute Gasteiger partial charge is 0.146 e. The molecule has 4 rings (SSSR count). The molecule has 0 atom stereocenters. The summed E-state index contributed by atoms with van der Waals surface area (Å²) in [5, 5.41) is 0. The Morgan fingerprint density at radius 2 is 1.16 bits per heavy atom. The molecule has 3 nitrogen and oxygen atoms in total. The van der Waals surface area contributed by atoms with Gasteiger partial charge in [-0.2, -0.15) is 0 Å². The van der Waals surface area contributed by atoms with E-state index in [2.05, 4.69) is 60.1 Å². The number of aromatic nitrogens is 1. The van der Waals surface area contributed by atoms with E-state index in [1.165, 1.54) is 11.3 Å². The van der Waals surface area contributed by atoms with Crippen LogP contribution in [0.5, 0.6) is 0 Å². The minimum atomic E-state index is -0.433. The van der Waals surface area contributed by atoms with E-state index in [0.717, 1.165) is 22.7 Å². The zero-order chi connectivity index (χ0) is 17.4. The van der Waals surface area contributed by atoms with Crippen LogP contribution in [0, 0.1) is 0 Å². The van der Waals surface area contributed by atoms with Crippen LogP contribution in [0.1, 0.15) is 25.1 Å². The van der Waals surface area contributed by atoms with Crippen LogP contribution < -0.4 is 0 Å². The molecule has 0 radical (unpaired) electrons. The average Bonchev–Trinajstić information content (AvgIpc) is 3.16. The lowest BCUT2D eigenvalue weighted by atomic mass is 10.0. The Morgan fingerprint density at radius 3 is 1.80 bits per heavy atom. The first-order valence-electron chi connectivity index (χ1n) is 8.52. The quantitative estimate of drug-likeness (QED) is 0.666. The zero-order valence-electron chi connectivity index (χ0n) is 14.8. The van der Waals surface area contributed by atoms with Crippen LogP contribution in [-0.2, 0) is 7.05 Å². The highest BCUT2D eigenvalue weighted by Gasteiger charge is 2.30. The Kier molecular flexibility index (Phi) is 3.65. The van der Waals surface area contributed by atoms with E-state index in [1.54, 1.807) is 0 Å². The van der Waals surface area contributed by atoms with Gasteiger partial charge in [0, 0.05) is 18.3 Å². The van der Waals surface area contributed by atoms with Crippen LogP contribution >= 0.6 is 0 Å². The summed E-state index contributed by atoms with van der Waals surface area (Å²) in [4.78, 5) is 9.78. The van der Waals surface area contributed by atoms with Gasteiger partial charge in [-0.1, -0.05) is 60.7 Å². The topological polar surface area (TPSA) is 29.6 Å². The molecule has 2 aromatic carbocycles. The van der Waals surface area contributed by atoms with Crippen molar-refractivity contribution in [3.63, 3.8) is 0 Å². The first kappa shape index (κ1) is 15.6. The summed E-state index contributed by atoms with van der Waals surface area (Å²) >= 11 is 0. The number of hydrogen-bond donors (Lipinski definition) is 0. The Bertz CT molecular complexity index is 961. The highest BCUT2D eigenvalue weighted by molar-refractivity contribution is 6.54. The molecule has 25 heavy (non-hydrogen) atoms. The molecule has 0 bridgehead atoms. The number of rotatable bonds is 3. The fourth-order valence-corrected chi connectivity index (χ4v) is 3.30. The molecular weight excluding hydrogens is 306 g/mol. The van der Waals surface area contributed by atoms with Gasteiger partial charge in [0.2, 0.25) is 0 Å². The average molecular weight is 327 g/mol. The largest absolute Gasteiger partial charge is 0.342 e. The SMILES string of the molecule is Cn1c(C2=NC(C)(C)N=C2c2ccccc2)ccc1-c1ccccc1. The second kappa shape index (κ2) is 5.85. The molecule has 1 aliphatic heterocycles. The molecule has 1 aromatic heterocycles. The second-order valence-corrected chi connectivity index (χ2v) is 6.81. The Morgan fingerprint density at radius 1 is 0.640 bits per heavy atom. The summed E-state index contributed by atoms with van der Waals surface area (Å²) in [7, 11) is 2.09. The highest BCUT2D eigenvalue weighted by Crippen LogP contribution is 2.28. The van der Waals surface area contributed by atoms with Crippen LogP contribution in [0.4, 0.5) is 0 Å². The van der Waals surface area contributed by atoms with Crippen LogP contribution in [-0.4, -0.2) is 21.7 Å². The lowest BCUT2D eigenvalue weighted by Gasteiger charge is -2.10. The predicted octanol–water partition coefficient (Wildman–Crippen LogP) is 4.72. The highest BCUT2D eigenvalue weighted by atomic mass is 15.1. The third kappa shape index (κ3) is 2.82. The maximum absolute atomic E-state index is 4.91. The maximum atomic E-state index is 4.91. The van der Waals surface area contributed by atoms with E-state index >= 15 is 0 Å². The standard InChI is InChI=1S/C22H21N3/c1-22(2)23-20(17-12-8-5-9-13-17)21(24-22)19-15-14-18(25(19)3)16-10-6-4-7-11-16/h4-15H,1-3H3. The second-order valence-electron chi connectivity index (χ2n) is 6.81. The molecule has 0 spiro atoms. The summed E-state index contributed by atoms with van der Waals surface area (Å²) in [6, 6.07) is 25.0. The molecule has 2 heterocycles. The van der Waals surface area contributed by atoms with Gasteiger partial charge in [-0.3, -0.25) is 9.98 Å². The van der Waals surface area contributed by atoms with Gasteiger partial charge < -0.3 is 4.57 Å². The van der Waals surface area contributed by atoms with Crippen molar-refractivity contribution in [3.05, 3.63) is 84.1 Å². The van der Waals surface area contributed by atoms with Crippen LogP contribution in [0.2, 0.25) is 0 Å². The van der Waals surface area contributed by atoms with E-state index in [9.17, 15) is 0 Å². The molecule has 124 valence electrons. The summed E-state index contributed by atoms with van der Waals surface area (Å²) in [6.07, 6.45) is 0. The summed E-state index contributed by atoms with van der Waals surface area (Å²) in [5.41, 5.74) is 6.06. The number of hydrogen-bond acceptors (Lipinski definition) is 2. The minimum Gasteiger partial charge on any atom is -0.342 e. The molecule has 1 aliphatic rings. The Hall–Kier alpha value is -2.94. The summed E-state index contributed by atoms with van der Waals surface area (Å²) in [5.74, 6) is 0. The lowest BCUT2D eigenvalue weighted by molar-refractivity contribution is 0.566. The van der Waals surface area contributed by atoms with Crippen molar-refractivity contribution >= 4 is 11.4 Å². The molecular formula is C22H21N3. The fraction of sp³-hybridized carbons (Fsp3) is 0.182. The number of aliphatic imine (C=N–C) groups is 2. The molecule has 3 heteroatoms. The number of nitrogens with zero attached hydrogens (tertiary/aromatic N) is 3. The first-order chi connectivity index (χ1) is 12.1. The fourth-order valence-electron chi connectivity index (χ4n) is 3.30. The molecule has 0 fully saturated rings. The zero-order valence-corrected chi connectivity index (χ0v) is 14.8.